The van der Waals surface area contributed by atoms with E-state index in [-0.39, 0.29) is 18.8 Å². The molecular formula is C15H20O6. The lowest BCUT2D eigenvalue weighted by Crippen LogP contribution is -2.51. The van der Waals surface area contributed by atoms with Crippen LogP contribution in [0.2, 0.25) is 0 Å². The number of carboxylic acid groups (broad SMARTS) is 1. The van der Waals surface area contributed by atoms with E-state index < -0.39 is 17.5 Å². The van der Waals surface area contributed by atoms with Gasteiger partial charge in [0.25, 0.3) is 0 Å². The highest BCUT2D eigenvalue weighted by Gasteiger charge is 2.50. The highest BCUT2D eigenvalue weighted by molar-refractivity contribution is 6.14. The monoisotopic (exact) mass is 296 g/mol. The van der Waals surface area contributed by atoms with Crippen LogP contribution >= 0.6 is 0 Å². The molecule has 0 saturated heterocycles. The number of carboxylic acids is 1. The first-order valence-corrected chi connectivity index (χ1v) is 6.81. The van der Waals surface area contributed by atoms with Crippen molar-refractivity contribution in [2.75, 3.05) is 19.8 Å². The largest absolute Gasteiger partial charge is 0.493 e. The Kier molecular flexibility index (Phi) is 6.33. The van der Waals surface area contributed by atoms with Gasteiger partial charge < -0.3 is 19.3 Å². The molecular weight excluding hydrogens is 276 g/mol. The van der Waals surface area contributed by atoms with Gasteiger partial charge in [0.15, 0.2) is 0 Å². The van der Waals surface area contributed by atoms with E-state index in [1.165, 1.54) is 6.07 Å². The van der Waals surface area contributed by atoms with Gasteiger partial charge in [-0.05, 0) is 32.9 Å². The van der Waals surface area contributed by atoms with Crippen LogP contribution in [-0.4, -0.2) is 42.5 Å². The third-order valence-corrected chi connectivity index (χ3v) is 2.71. The van der Waals surface area contributed by atoms with Crippen LogP contribution < -0.4 is 4.74 Å². The smallest absolute Gasteiger partial charge is 0.373 e. The van der Waals surface area contributed by atoms with Crippen molar-refractivity contribution in [2.45, 2.75) is 26.6 Å². The number of ketones is 1. The van der Waals surface area contributed by atoms with E-state index in [1.807, 2.05) is 0 Å². The van der Waals surface area contributed by atoms with Crippen LogP contribution in [0.25, 0.3) is 0 Å². The Bertz CT molecular complexity index is 491. The number of Topliss-reactive ketones (excluding diaryl/α,β-unsaturated/α-hetero) is 1. The third kappa shape index (κ3) is 3.59. The summed E-state index contributed by atoms with van der Waals surface area (Å²) in [5.74, 6) is -4.32. The Morgan fingerprint density at radius 1 is 1.05 bits per heavy atom. The molecule has 1 N–H and O–H groups in total. The summed E-state index contributed by atoms with van der Waals surface area (Å²) in [5, 5.41) is 9.43. The first-order chi connectivity index (χ1) is 10.0. The average Bonchev–Trinajstić information content (AvgIpc) is 2.47. The highest BCUT2D eigenvalue weighted by Crippen LogP contribution is 2.27. The summed E-state index contributed by atoms with van der Waals surface area (Å²) in [7, 11) is 0. The molecule has 0 aliphatic rings. The van der Waals surface area contributed by atoms with Gasteiger partial charge >= 0.3 is 11.8 Å². The second-order valence-corrected chi connectivity index (χ2v) is 4.05. The van der Waals surface area contributed by atoms with Crippen LogP contribution in [0.3, 0.4) is 0 Å². The molecule has 0 aliphatic carbocycles. The number of carbonyl (C=O) groups excluding carboxylic acids is 1. The minimum Gasteiger partial charge on any atom is -0.493 e. The average molecular weight is 296 g/mol. The summed E-state index contributed by atoms with van der Waals surface area (Å²) < 4.78 is 15.7. The minimum atomic E-state index is -2.35. The van der Waals surface area contributed by atoms with E-state index in [0.717, 1.165) is 0 Å². The maximum atomic E-state index is 12.7. The second-order valence-electron chi connectivity index (χ2n) is 4.05. The van der Waals surface area contributed by atoms with Crippen molar-refractivity contribution < 1.29 is 28.9 Å². The lowest BCUT2D eigenvalue weighted by Gasteiger charge is -2.27. The van der Waals surface area contributed by atoms with E-state index in [4.69, 9.17) is 14.2 Å². The van der Waals surface area contributed by atoms with Crippen molar-refractivity contribution in [2.24, 2.45) is 0 Å². The Morgan fingerprint density at radius 2 is 1.62 bits per heavy atom. The van der Waals surface area contributed by atoms with E-state index in [1.54, 1.807) is 39.0 Å². The topological polar surface area (TPSA) is 82.1 Å². The van der Waals surface area contributed by atoms with Crippen molar-refractivity contribution in [3.05, 3.63) is 29.8 Å². The van der Waals surface area contributed by atoms with Gasteiger partial charge in [-0.25, -0.2) is 4.79 Å². The number of rotatable bonds is 9. The summed E-state index contributed by atoms with van der Waals surface area (Å²) in [5.41, 5.74) is 0.114. The highest BCUT2D eigenvalue weighted by atomic mass is 16.7. The van der Waals surface area contributed by atoms with Crippen LogP contribution in [0.15, 0.2) is 24.3 Å². The summed E-state index contributed by atoms with van der Waals surface area (Å²) in [6.45, 7) is 5.37. The van der Waals surface area contributed by atoms with Crippen LogP contribution in [0.4, 0.5) is 0 Å². The molecule has 6 heteroatoms. The van der Waals surface area contributed by atoms with Gasteiger partial charge in [0.05, 0.1) is 12.2 Å². The fourth-order valence-electron chi connectivity index (χ4n) is 1.91. The zero-order valence-electron chi connectivity index (χ0n) is 12.4. The van der Waals surface area contributed by atoms with Gasteiger partial charge in [0.1, 0.15) is 5.75 Å². The molecule has 0 heterocycles. The molecule has 1 rings (SSSR count). The summed E-state index contributed by atoms with van der Waals surface area (Å²) in [6.07, 6.45) is 0. The zero-order valence-corrected chi connectivity index (χ0v) is 12.4. The number of carbonyl (C=O) groups is 2. The molecule has 6 nitrogen and oxygen atoms in total. The molecule has 0 saturated carbocycles. The molecule has 0 radical (unpaired) electrons. The number of hydrogen-bond acceptors (Lipinski definition) is 5. The maximum Gasteiger partial charge on any atom is 0.373 e. The SMILES string of the molecule is CCOc1ccccc1C(=O)C(OCC)(OCC)C(=O)O. The zero-order chi connectivity index (χ0) is 15.9. The summed E-state index contributed by atoms with van der Waals surface area (Å²) >= 11 is 0. The molecule has 1 aromatic carbocycles. The fourth-order valence-corrected chi connectivity index (χ4v) is 1.91. The van der Waals surface area contributed by atoms with Gasteiger partial charge in [-0.15, -0.1) is 0 Å². The minimum absolute atomic E-state index is 0.0227. The van der Waals surface area contributed by atoms with Crippen LogP contribution in [-0.2, 0) is 14.3 Å². The van der Waals surface area contributed by atoms with Crippen molar-refractivity contribution in [1.82, 2.24) is 0 Å². The number of ether oxygens (including phenoxy) is 3. The number of aliphatic carboxylic acids is 1. The normalized spacial score (nSPS) is 11.2. The third-order valence-electron chi connectivity index (χ3n) is 2.71. The summed E-state index contributed by atoms with van der Waals surface area (Å²) in [6, 6.07) is 6.41. The number of para-hydroxylation sites is 1. The number of hydrogen-bond donors (Lipinski definition) is 1. The molecule has 21 heavy (non-hydrogen) atoms. The van der Waals surface area contributed by atoms with Crippen molar-refractivity contribution in [3.8, 4) is 5.75 Å². The Balaban J connectivity index is 3.31. The van der Waals surface area contributed by atoms with E-state index in [0.29, 0.717) is 12.4 Å². The predicted molar refractivity (Wildman–Crippen MR) is 75.6 cm³/mol. The van der Waals surface area contributed by atoms with Crippen molar-refractivity contribution >= 4 is 11.8 Å². The molecule has 0 fully saturated rings. The Labute approximate surface area is 123 Å². The fraction of sp³-hybridized carbons (Fsp3) is 0.467. The molecule has 0 aliphatic heterocycles. The van der Waals surface area contributed by atoms with E-state index in [2.05, 4.69) is 0 Å². The van der Waals surface area contributed by atoms with E-state index in [9.17, 15) is 14.7 Å². The molecule has 0 unspecified atom stereocenters. The molecule has 1 aromatic rings. The van der Waals surface area contributed by atoms with Crippen LogP contribution in [0.5, 0.6) is 5.75 Å². The summed E-state index contributed by atoms with van der Waals surface area (Å²) in [4.78, 5) is 24.2. The lowest BCUT2D eigenvalue weighted by atomic mass is 10.0. The standard InChI is InChI=1S/C15H20O6/c1-4-19-12-10-8-7-9-11(12)13(16)15(14(17)18,20-5-2)21-6-3/h7-10H,4-6H2,1-3H3,(H,17,18). The van der Waals surface area contributed by atoms with Gasteiger partial charge in [-0.1, -0.05) is 12.1 Å². The van der Waals surface area contributed by atoms with Gasteiger partial charge in [0.2, 0.25) is 5.78 Å². The molecule has 0 aromatic heterocycles. The maximum absolute atomic E-state index is 12.7. The van der Waals surface area contributed by atoms with Crippen molar-refractivity contribution in [3.63, 3.8) is 0 Å². The molecule has 0 atom stereocenters. The van der Waals surface area contributed by atoms with Crippen LogP contribution in [0, 0.1) is 0 Å². The molecule has 0 bridgehead atoms. The van der Waals surface area contributed by atoms with Gasteiger partial charge in [0, 0.05) is 13.2 Å². The molecule has 0 amide bonds. The molecule has 0 spiro atoms. The Morgan fingerprint density at radius 3 is 2.10 bits per heavy atom. The van der Waals surface area contributed by atoms with Crippen molar-refractivity contribution in [1.29, 1.82) is 0 Å². The first kappa shape index (κ1) is 17.1. The van der Waals surface area contributed by atoms with Gasteiger partial charge in [-0.2, -0.15) is 0 Å². The van der Waals surface area contributed by atoms with Gasteiger partial charge in [-0.3, -0.25) is 4.79 Å². The Hall–Kier alpha value is -1.92. The molecule has 116 valence electrons. The lowest BCUT2D eigenvalue weighted by molar-refractivity contribution is -0.217. The van der Waals surface area contributed by atoms with E-state index >= 15 is 0 Å². The quantitative estimate of drug-likeness (QED) is 0.427. The van der Waals surface area contributed by atoms with Crippen LogP contribution in [0.1, 0.15) is 31.1 Å². The predicted octanol–water partition coefficient (Wildman–Crippen LogP) is 2.12. The first-order valence-electron chi connectivity index (χ1n) is 6.81. The number of benzene rings is 1. The second kappa shape index (κ2) is 7.75.